The zero-order chi connectivity index (χ0) is 24.3. The van der Waals surface area contributed by atoms with Crippen molar-refractivity contribution >= 4 is 43.1 Å². The van der Waals surface area contributed by atoms with E-state index in [1.165, 1.54) is 24.5 Å². The van der Waals surface area contributed by atoms with Gasteiger partial charge in [-0.15, -0.1) is 11.3 Å². The molecule has 0 N–H and O–H groups in total. The third-order valence-corrected chi connectivity index (χ3v) is 8.37. The first-order chi connectivity index (χ1) is 15.9. The van der Waals surface area contributed by atoms with Crippen LogP contribution >= 0.6 is 11.3 Å². The van der Waals surface area contributed by atoms with Gasteiger partial charge in [0.1, 0.15) is 17.0 Å². The van der Waals surface area contributed by atoms with E-state index in [0.29, 0.717) is 42.2 Å². The molecule has 3 aromatic rings. The highest BCUT2D eigenvalue weighted by atomic mass is 32.2. The zero-order valence-electron chi connectivity index (χ0n) is 18.2. The molecular formula is C22H21F3N4O3S2. The summed E-state index contributed by atoms with van der Waals surface area (Å²) in [4.78, 5) is 25.8. The summed E-state index contributed by atoms with van der Waals surface area (Å²) in [6, 6.07) is 7.85. The molecule has 4 heterocycles. The molecule has 1 amide bonds. The largest absolute Gasteiger partial charge is 0.393 e. The number of nitrogens with zero attached hydrogens (tertiary/aromatic N) is 4. The normalized spacial score (nSPS) is 17.6. The topological polar surface area (TPSA) is 83.5 Å². The van der Waals surface area contributed by atoms with Crippen molar-refractivity contribution in [3.05, 3.63) is 47.1 Å². The minimum Gasteiger partial charge on any atom is -0.354 e. The van der Waals surface area contributed by atoms with Gasteiger partial charge in [0, 0.05) is 42.7 Å². The Morgan fingerprint density at radius 2 is 1.79 bits per heavy atom. The number of halogens is 3. The van der Waals surface area contributed by atoms with Gasteiger partial charge in [-0.05, 0) is 23.8 Å². The summed E-state index contributed by atoms with van der Waals surface area (Å²) in [6.07, 6.45) is -2.53. The first-order valence-electron chi connectivity index (χ1n) is 10.5. The summed E-state index contributed by atoms with van der Waals surface area (Å²) in [5, 5.41) is 0.631. The third-order valence-electron chi connectivity index (χ3n) is 6.20. The fourth-order valence-electron chi connectivity index (χ4n) is 4.62. The van der Waals surface area contributed by atoms with Gasteiger partial charge in [0.25, 0.3) is 0 Å². The maximum Gasteiger partial charge on any atom is 0.393 e. The van der Waals surface area contributed by atoms with Gasteiger partial charge in [-0.25, -0.2) is 18.4 Å². The number of fused-ring (bicyclic) bond motifs is 1. The Hall–Kier alpha value is -2.73. The smallest absolute Gasteiger partial charge is 0.354 e. The van der Waals surface area contributed by atoms with Crippen LogP contribution in [0.25, 0.3) is 10.2 Å². The van der Waals surface area contributed by atoms with Crippen molar-refractivity contribution in [1.29, 1.82) is 0 Å². The van der Waals surface area contributed by atoms with Gasteiger partial charge >= 0.3 is 6.18 Å². The summed E-state index contributed by atoms with van der Waals surface area (Å²) in [7, 11) is -3.28. The number of sulfone groups is 1. The van der Waals surface area contributed by atoms with E-state index < -0.39 is 22.4 Å². The summed E-state index contributed by atoms with van der Waals surface area (Å²) < 4.78 is 61.4. The second-order valence-electron chi connectivity index (χ2n) is 9.12. The molecule has 7 nitrogen and oxygen atoms in total. The lowest BCUT2D eigenvalue weighted by Crippen LogP contribution is -2.73. The maximum atomic E-state index is 12.8. The van der Waals surface area contributed by atoms with Crippen LogP contribution in [0, 0.1) is 5.41 Å². The molecule has 12 heteroatoms. The second kappa shape index (κ2) is 7.91. The predicted octanol–water partition coefficient (Wildman–Crippen LogP) is 3.09. The highest BCUT2D eigenvalue weighted by Crippen LogP contribution is 2.44. The number of benzene rings is 1. The van der Waals surface area contributed by atoms with E-state index in [2.05, 4.69) is 9.97 Å². The molecule has 2 aliphatic rings. The first-order valence-corrected chi connectivity index (χ1v) is 13.2. The van der Waals surface area contributed by atoms with Crippen molar-refractivity contribution < 1.29 is 26.4 Å². The first kappa shape index (κ1) is 23.0. The number of aromatic nitrogens is 2. The van der Waals surface area contributed by atoms with Crippen LogP contribution in [0.1, 0.15) is 10.4 Å². The number of carbonyl (C=O) groups is 1. The number of anilines is 1. The highest BCUT2D eigenvalue weighted by Gasteiger charge is 2.53. The van der Waals surface area contributed by atoms with Crippen LogP contribution in [0.4, 0.5) is 19.0 Å². The lowest BCUT2D eigenvalue weighted by molar-refractivity contribution is -0.144. The van der Waals surface area contributed by atoms with Gasteiger partial charge in [-0.2, -0.15) is 13.2 Å². The molecule has 2 aliphatic heterocycles. The second-order valence-corrected chi connectivity index (χ2v) is 12.3. The lowest BCUT2D eigenvalue weighted by Gasteiger charge is -2.60. The number of hydrogen-bond donors (Lipinski definition) is 0. The molecule has 0 atom stereocenters. The van der Waals surface area contributed by atoms with Crippen molar-refractivity contribution in [2.45, 2.75) is 23.9 Å². The SMILES string of the molecule is CS(=O)(=O)c1ccc(CC(=O)N2CC3(C2)CN(c2ncnc4sc(CC(F)(F)F)cc24)C3)cc1. The van der Waals surface area contributed by atoms with Gasteiger partial charge in [-0.1, -0.05) is 12.1 Å². The number of carbonyl (C=O) groups excluding carboxylic acids is 1. The average Bonchev–Trinajstić information content (AvgIpc) is 3.06. The van der Waals surface area contributed by atoms with Crippen LogP contribution in [-0.2, 0) is 27.5 Å². The van der Waals surface area contributed by atoms with Gasteiger partial charge in [-0.3, -0.25) is 4.79 Å². The third kappa shape index (κ3) is 4.48. The molecule has 34 heavy (non-hydrogen) atoms. The Bertz CT molecular complexity index is 1360. The molecule has 0 saturated carbocycles. The Morgan fingerprint density at radius 1 is 1.12 bits per heavy atom. The number of likely N-dealkylation sites (tertiary alicyclic amines) is 1. The molecule has 0 aliphatic carbocycles. The van der Waals surface area contributed by atoms with Crippen LogP contribution in [0.5, 0.6) is 0 Å². The van der Waals surface area contributed by atoms with E-state index >= 15 is 0 Å². The van der Waals surface area contributed by atoms with Crippen molar-refractivity contribution in [3.63, 3.8) is 0 Å². The monoisotopic (exact) mass is 510 g/mol. The van der Waals surface area contributed by atoms with Crippen LogP contribution in [-0.4, -0.2) is 67.8 Å². The summed E-state index contributed by atoms with van der Waals surface area (Å²) in [5.74, 6) is 0.617. The average molecular weight is 511 g/mol. The molecule has 1 aromatic carbocycles. The Labute approximate surface area is 198 Å². The molecule has 1 spiro atoms. The van der Waals surface area contributed by atoms with E-state index in [1.54, 1.807) is 17.0 Å². The van der Waals surface area contributed by atoms with E-state index in [0.717, 1.165) is 23.2 Å². The standard InChI is InChI=1S/C22H21F3N4O3S2/c1-34(31,32)16-4-2-14(3-5-16)6-18(30)28-9-21(10-28)11-29(12-21)19-17-7-15(8-22(23,24)25)33-20(17)27-13-26-19/h2-5,7,13H,6,8-12H2,1H3. The molecule has 5 rings (SSSR count). The van der Waals surface area contributed by atoms with Gasteiger partial charge < -0.3 is 9.80 Å². The van der Waals surface area contributed by atoms with Crippen molar-refractivity contribution in [1.82, 2.24) is 14.9 Å². The van der Waals surface area contributed by atoms with Crippen LogP contribution in [0.3, 0.4) is 0 Å². The molecule has 0 radical (unpaired) electrons. The van der Waals surface area contributed by atoms with Crippen LogP contribution in [0.2, 0.25) is 0 Å². The number of alkyl halides is 3. The minimum absolute atomic E-state index is 0.0183. The Balaban J connectivity index is 1.19. The highest BCUT2D eigenvalue weighted by molar-refractivity contribution is 7.90. The number of rotatable bonds is 5. The van der Waals surface area contributed by atoms with Crippen molar-refractivity contribution in [3.8, 4) is 0 Å². The zero-order valence-corrected chi connectivity index (χ0v) is 19.8. The quantitative estimate of drug-likeness (QED) is 0.525. The van der Waals surface area contributed by atoms with Crippen molar-refractivity contribution in [2.24, 2.45) is 5.41 Å². The van der Waals surface area contributed by atoms with Crippen molar-refractivity contribution in [2.75, 3.05) is 37.3 Å². The molecular weight excluding hydrogens is 489 g/mol. The number of thiophene rings is 1. The summed E-state index contributed by atoms with van der Waals surface area (Å²) >= 11 is 1.03. The molecule has 0 bridgehead atoms. The Morgan fingerprint density at radius 3 is 2.41 bits per heavy atom. The van der Waals surface area contributed by atoms with Gasteiger partial charge in [0.15, 0.2) is 9.84 Å². The number of hydrogen-bond acceptors (Lipinski definition) is 7. The summed E-state index contributed by atoms with van der Waals surface area (Å²) in [6.45, 7) is 2.58. The fraction of sp³-hybridized carbons (Fsp3) is 0.409. The molecule has 2 fully saturated rings. The van der Waals surface area contributed by atoms with Crippen LogP contribution in [0.15, 0.2) is 41.6 Å². The van der Waals surface area contributed by atoms with Crippen LogP contribution < -0.4 is 4.90 Å². The van der Waals surface area contributed by atoms with Gasteiger partial charge in [0.05, 0.1) is 23.1 Å². The van der Waals surface area contributed by atoms with E-state index in [1.807, 2.05) is 4.90 Å². The van der Waals surface area contributed by atoms with E-state index in [9.17, 15) is 26.4 Å². The predicted molar refractivity (Wildman–Crippen MR) is 122 cm³/mol. The molecule has 2 aromatic heterocycles. The summed E-state index contributed by atoms with van der Waals surface area (Å²) in [5.41, 5.74) is 0.724. The van der Waals surface area contributed by atoms with E-state index in [4.69, 9.17) is 0 Å². The molecule has 180 valence electrons. The number of amides is 1. The maximum absolute atomic E-state index is 12.8. The Kier molecular flexibility index (Phi) is 5.36. The molecule has 2 saturated heterocycles. The van der Waals surface area contributed by atoms with Gasteiger partial charge in [0.2, 0.25) is 5.91 Å². The lowest BCUT2D eigenvalue weighted by atomic mass is 9.72. The fourth-order valence-corrected chi connectivity index (χ4v) is 6.28. The van der Waals surface area contributed by atoms with E-state index in [-0.39, 0.29) is 27.5 Å². The minimum atomic E-state index is -4.27. The molecule has 0 unspecified atom stereocenters.